The Hall–Kier alpha value is -2.24. The SMILES string of the molecule is CC(C)n1c(CN2CCCC(O)(c3ccc(F)cc3)CC2)nc2ccccc21. The molecule has 4 rings (SSSR count). The summed E-state index contributed by atoms with van der Waals surface area (Å²) in [6.45, 7) is 6.85. The lowest BCUT2D eigenvalue weighted by atomic mass is 9.87. The van der Waals surface area contributed by atoms with Gasteiger partial charge in [-0.1, -0.05) is 24.3 Å². The van der Waals surface area contributed by atoms with Crippen molar-refractivity contribution < 1.29 is 9.50 Å². The van der Waals surface area contributed by atoms with E-state index in [4.69, 9.17) is 4.98 Å². The average Bonchev–Trinajstić information content (AvgIpc) is 2.93. The molecule has 1 saturated heterocycles. The fourth-order valence-electron chi connectivity index (χ4n) is 4.36. The number of halogens is 1. The lowest BCUT2D eigenvalue weighted by Gasteiger charge is -2.27. The number of imidazole rings is 1. The van der Waals surface area contributed by atoms with Crippen LogP contribution in [0.3, 0.4) is 0 Å². The van der Waals surface area contributed by atoms with E-state index in [1.807, 2.05) is 6.07 Å². The van der Waals surface area contributed by atoms with Gasteiger partial charge in [-0.2, -0.15) is 0 Å². The Kier molecular flexibility index (Phi) is 5.21. The van der Waals surface area contributed by atoms with E-state index in [1.54, 1.807) is 12.1 Å². The molecule has 1 aromatic heterocycles. The zero-order valence-corrected chi connectivity index (χ0v) is 16.6. The third kappa shape index (κ3) is 3.69. The Bertz CT molecular complexity index is 950. The van der Waals surface area contributed by atoms with Gasteiger partial charge in [-0.05, 0) is 69.5 Å². The summed E-state index contributed by atoms with van der Waals surface area (Å²) in [4.78, 5) is 7.26. The van der Waals surface area contributed by atoms with E-state index < -0.39 is 5.60 Å². The van der Waals surface area contributed by atoms with Crippen molar-refractivity contribution >= 4 is 11.0 Å². The van der Waals surface area contributed by atoms with E-state index in [9.17, 15) is 9.50 Å². The molecule has 1 atom stereocenters. The minimum absolute atomic E-state index is 0.268. The van der Waals surface area contributed by atoms with Crippen LogP contribution in [0.4, 0.5) is 4.39 Å². The molecule has 0 spiro atoms. The zero-order valence-electron chi connectivity index (χ0n) is 16.6. The van der Waals surface area contributed by atoms with Crippen molar-refractivity contribution in [3.8, 4) is 0 Å². The molecule has 5 heteroatoms. The molecule has 1 aliphatic rings. The molecule has 0 amide bonds. The summed E-state index contributed by atoms with van der Waals surface area (Å²) in [5.74, 6) is 0.804. The van der Waals surface area contributed by atoms with Gasteiger partial charge in [-0.3, -0.25) is 4.90 Å². The zero-order chi connectivity index (χ0) is 19.7. The van der Waals surface area contributed by atoms with Gasteiger partial charge < -0.3 is 9.67 Å². The van der Waals surface area contributed by atoms with Gasteiger partial charge >= 0.3 is 0 Å². The quantitative estimate of drug-likeness (QED) is 0.716. The van der Waals surface area contributed by atoms with Crippen LogP contribution in [0.2, 0.25) is 0 Å². The van der Waals surface area contributed by atoms with E-state index in [1.165, 1.54) is 17.6 Å². The third-order valence-electron chi connectivity index (χ3n) is 5.84. The maximum atomic E-state index is 13.3. The van der Waals surface area contributed by atoms with Crippen LogP contribution < -0.4 is 0 Å². The van der Waals surface area contributed by atoms with Crippen LogP contribution in [-0.4, -0.2) is 32.6 Å². The topological polar surface area (TPSA) is 41.3 Å². The predicted octanol–water partition coefficient (Wildman–Crippen LogP) is 4.63. The smallest absolute Gasteiger partial charge is 0.124 e. The first-order chi connectivity index (χ1) is 13.5. The molecule has 1 aliphatic heterocycles. The number of benzene rings is 2. The minimum atomic E-state index is -0.888. The van der Waals surface area contributed by atoms with Crippen molar-refractivity contribution in [2.24, 2.45) is 0 Å². The van der Waals surface area contributed by atoms with Crippen LogP contribution in [0.5, 0.6) is 0 Å². The monoisotopic (exact) mass is 381 g/mol. The van der Waals surface area contributed by atoms with E-state index in [0.29, 0.717) is 18.9 Å². The summed E-state index contributed by atoms with van der Waals surface area (Å²) < 4.78 is 15.6. The fourth-order valence-corrected chi connectivity index (χ4v) is 4.36. The van der Waals surface area contributed by atoms with Crippen LogP contribution >= 0.6 is 0 Å². The van der Waals surface area contributed by atoms with E-state index in [0.717, 1.165) is 43.0 Å². The van der Waals surface area contributed by atoms with Gasteiger partial charge in [0.15, 0.2) is 0 Å². The molecule has 0 radical (unpaired) electrons. The molecule has 3 aromatic rings. The van der Waals surface area contributed by atoms with Crippen molar-refractivity contribution in [1.29, 1.82) is 0 Å². The van der Waals surface area contributed by atoms with Crippen LogP contribution in [0.1, 0.15) is 50.5 Å². The standard InChI is InChI=1S/C23H28FN3O/c1-17(2)27-21-7-4-3-6-20(21)25-22(27)16-26-14-5-12-23(28,13-15-26)18-8-10-19(24)11-9-18/h3-4,6-11,17,28H,5,12-16H2,1-2H3. The number of aromatic nitrogens is 2. The van der Waals surface area contributed by atoms with Crippen molar-refractivity contribution in [2.75, 3.05) is 13.1 Å². The molecule has 2 aromatic carbocycles. The van der Waals surface area contributed by atoms with E-state index >= 15 is 0 Å². The van der Waals surface area contributed by atoms with Crippen molar-refractivity contribution in [2.45, 2.75) is 51.3 Å². The molecule has 1 fully saturated rings. The number of aliphatic hydroxyl groups is 1. The van der Waals surface area contributed by atoms with Gasteiger partial charge in [0, 0.05) is 12.6 Å². The molecule has 4 nitrogen and oxygen atoms in total. The summed E-state index contributed by atoms with van der Waals surface area (Å²) in [6, 6.07) is 14.9. The first-order valence-electron chi connectivity index (χ1n) is 10.1. The first kappa shape index (κ1) is 19.1. The van der Waals surface area contributed by atoms with Gasteiger partial charge in [0.25, 0.3) is 0 Å². The number of hydrogen-bond acceptors (Lipinski definition) is 3. The van der Waals surface area contributed by atoms with Crippen LogP contribution in [-0.2, 0) is 12.1 Å². The highest BCUT2D eigenvalue weighted by molar-refractivity contribution is 5.76. The molecule has 2 heterocycles. The van der Waals surface area contributed by atoms with Crippen LogP contribution in [0.15, 0.2) is 48.5 Å². The van der Waals surface area contributed by atoms with Gasteiger partial charge in [-0.15, -0.1) is 0 Å². The van der Waals surface area contributed by atoms with Crippen molar-refractivity contribution in [3.63, 3.8) is 0 Å². The van der Waals surface area contributed by atoms with E-state index in [-0.39, 0.29) is 5.82 Å². The molecule has 1 unspecified atom stereocenters. The highest BCUT2D eigenvalue weighted by Gasteiger charge is 2.32. The maximum absolute atomic E-state index is 13.3. The van der Waals surface area contributed by atoms with Crippen molar-refractivity contribution in [1.82, 2.24) is 14.5 Å². The summed E-state index contributed by atoms with van der Waals surface area (Å²) in [6.07, 6.45) is 2.23. The Labute approximate surface area is 165 Å². The second-order valence-corrected chi connectivity index (χ2v) is 8.15. The number of nitrogens with zero attached hydrogens (tertiary/aromatic N) is 3. The number of likely N-dealkylation sites (tertiary alicyclic amines) is 1. The molecule has 0 saturated carbocycles. The Morgan fingerprint density at radius 3 is 2.57 bits per heavy atom. The Morgan fingerprint density at radius 1 is 1.07 bits per heavy atom. The molecule has 0 aliphatic carbocycles. The lowest BCUT2D eigenvalue weighted by molar-refractivity contribution is 0.0208. The second-order valence-electron chi connectivity index (χ2n) is 8.15. The third-order valence-corrected chi connectivity index (χ3v) is 5.84. The molecule has 28 heavy (non-hydrogen) atoms. The number of rotatable bonds is 4. The predicted molar refractivity (Wildman–Crippen MR) is 110 cm³/mol. The fraction of sp³-hybridized carbons (Fsp3) is 0.435. The van der Waals surface area contributed by atoms with E-state index in [2.05, 4.69) is 41.5 Å². The Morgan fingerprint density at radius 2 is 1.82 bits per heavy atom. The van der Waals surface area contributed by atoms with Crippen molar-refractivity contribution in [3.05, 3.63) is 65.7 Å². The Balaban J connectivity index is 1.53. The number of para-hydroxylation sites is 2. The summed E-state index contributed by atoms with van der Waals surface area (Å²) in [7, 11) is 0. The summed E-state index contributed by atoms with van der Waals surface area (Å²) in [5, 5.41) is 11.2. The van der Waals surface area contributed by atoms with Gasteiger partial charge in [-0.25, -0.2) is 9.37 Å². The van der Waals surface area contributed by atoms with Gasteiger partial charge in [0.05, 0.1) is 23.2 Å². The highest BCUT2D eigenvalue weighted by atomic mass is 19.1. The average molecular weight is 381 g/mol. The second kappa shape index (κ2) is 7.64. The molecular weight excluding hydrogens is 353 g/mol. The molecule has 148 valence electrons. The highest BCUT2D eigenvalue weighted by Crippen LogP contribution is 2.33. The lowest BCUT2D eigenvalue weighted by Crippen LogP contribution is -2.30. The van der Waals surface area contributed by atoms with Gasteiger partial charge in [0.2, 0.25) is 0 Å². The summed E-state index contributed by atoms with van der Waals surface area (Å²) in [5.41, 5.74) is 2.12. The minimum Gasteiger partial charge on any atom is -0.385 e. The van der Waals surface area contributed by atoms with Crippen LogP contribution in [0.25, 0.3) is 11.0 Å². The normalized spacial score (nSPS) is 21.3. The van der Waals surface area contributed by atoms with Gasteiger partial charge in [0.1, 0.15) is 11.6 Å². The summed E-state index contributed by atoms with van der Waals surface area (Å²) >= 11 is 0. The first-order valence-corrected chi connectivity index (χ1v) is 10.1. The molecule has 0 bridgehead atoms. The largest absolute Gasteiger partial charge is 0.385 e. The number of fused-ring (bicyclic) bond motifs is 1. The molecular formula is C23H28FN3O. The number of hydrogen-bond donors (Lipinski definition) is 1. The molecule has 1 N–H and O–H groups in total. The maximum Gasteiger partial charge on any atom is 0.124 e. The van der Waals surface area contributed by atoms with Crippen LogP contribution in [0, 0.1) is 5.82 Å².